The van der Waals surface area contributed by atoms with E-state index in [-0.39, 0.29) is 18.2 Å². The number of carbonyl (C=O) groups is 1. The van der Waals surface area contributed by atoms with Crippen molar-refractivity contribution in [2.45, 2.75) is 51.8 Å². The minimum absolute atomic E-state index is 0.0478. The standard InChI is InChI=1S/C15H23N3O2/c1-10-9-11(5-7-16-10)13-12(6-8-17-13)18-14(19)20-15(2,3)4/h5,7,9,12-13,17H,6,8H2,1-4H3,(H,18,19)/t12-,13+/m1/s1. The van der Waals surface area contributed by atoms with Crippen LogP contribution in [0.3, 0.4) is 0 Å². The molecule has 0 bridgehead atoms. The first kappa shape index (κ1) is 14.8. The Hall–Kier alpha value is -1.62. The van der Waals surface area contributed by atoms with Crippen LogP contribution >= 0.6 is 0 Å². The molecule has 1 aliphatic rings. The van der Waals surface area contributed by atoms with Crippen LogP contribution < -0.4 is 10.6 Å². The number of aryl methyl sites for hydroxylation is 1. The van der Waals surface area contributed by atoms with Gasteiger partial charge in [-0.1, -0.05) is 0 Å². The number of pyridine rings is 1. The number of carbonyl (C=O) groups excluding carboxylic acids is 1. The van der Waals surface area contributed by atoms with E-state index in [0.29, 0.717) is 0 Å². The van der Waals surface area contributed by atoms with Crippen molar-refractivity contribution in [1.82, 2.24) is 15.6 Å². The zero-order valence-electron chi connectivity index (χ0n) is 12.6. The lowest BCUT2D eigenvalue weighted by Gasteiger charge is -2.25. The molecular weight excluding hydrogens is 254 g/mol. The van der Waals surface area contributed by atoms with Gasteiger partial charge in [0.1, 0.15) is 5.60 Å². The molecule has 1 aromatic heterocycles. The van der Waals surface area contributed by atoms with E-state index in [1.807, 2.05) is 39.8 Å². The van der Waals surface area contributed by atoms with Crippen molar-refractivity contribution in [2.75, 3.05) is 6.54 Å². The van der Waals surface area contributed by atoms with Crippen LogP contribution in [0.25, 0.3) is 0 Å². The second kappa shape index (κ2) is 5.79. The quantitative estimate of drug-likeness (QED) is 0.871. The highest BCUT2D eigenvalue weighted by molar-refractivity contribution is 5.68. The lowest BCUT2D eigenvalue weighted by Crippen LogP contribution is -2.41. The summed E-state index contributed by atoms with van der Waals surface area (Å²) in [5.74, 6) is 0. The number of alkyl carbamates (subject to hydrolysis) is 1. The predicted octanol–water partition coefficient (Wildman–Crippen LogP) is 2.32. The number of ether oxygens (including phenoxy) is 1. The summed E-state index contributed by atoms with van der Waals surface area (Å²) in [6.45, 7) is 8.44. The maximum Gasteiger partial charge on any atom is 0.407 e. The fourth-order valence-electron chi connectivity index (χ4n) is 2.43. The van der Waals surface area contributed by atoms with Crippen LogP contribution in [0.2, 0.25) is 0 Å². The second-order valence-electron chi connectivity index (χ2n) is 6.20. The lowest BCUT2D eigenvalue weighted by atomic mass is 10.0. The second-order valence-corrected chi connectivity index (χ2v) is 6.20. The summed E-state index contributed by atoms with van der Waals surface area (Å²) in [5.41, 5.74) is 1.65. The predicted molar refractivity (Wildman–Crippen MR) is 77.5 cm³/mol. The summed E-state index contributed by atoms with van der Waals surface area (Å²) < 4.78 is 5.32. The fourth-order valence-corrected chi connectivity index (χ4v) is 2.43. The van der Waals surface area contributed by atoms with Gasteiger partial charge in [-0.15, -0.1) is 0 Å². The van der Waals surface area contributed by atoms with Gasteiger partial charge in [0.2, 0.25) is 0 Å². The molecule has 2 N–H and O–H groups in total. The Morgan fingerprint density at radius 3 is 2.90 bits per heavy atom. The van der Waals surface area contributed by atoms with Crippen molar-refractivity contribution in [3.63, 3.8) is 0 Å². The van der Waals surface area contributed by atoms with E-state index in [2.05, 4.69) is 15.6 Å². The Morgan fingerprint density at radius 2 is 2.25 bits per heavy atom. The van der Waals surface area contributed by atoms with Crippen LogP contribution in [-0.4, -0.2) is 29.3 Å². The van der Waals surface area contributed by atoms with E-state index in [0.717, 1.165) is 24.2 Å². The summed E-state index contributed by atoms with van der Waals surface area (Å²) in [7, 11) is 0. The number of hydrogen-bond acceptors (Lipinski definition) is 4. The molecule has 0 unspecified atom stereocenters. The molecule has 0 saturated carbocycles. The Labute approximate surface area is 120 Å². The molecule has 0 spiro atoms. The van der Waals surface area contributed by atoms with Crippen LogP contribution in [0.15, 0.2) is 18.3 Å². The number of amides is 1. The fraction of sp³-hybridized carbons (Fsp3) is 0.600. The van der Waals surface area contributed by atoms with Gasteiger partial charge >= 0.3 is 6.09 Å². The first-order valence-corrected chi connectivity index (χ1v) is 7.00. The Bertz CT molecular complexity index is 482. The molecule has 1 aromatic rings. The highest BCUT2D eigenvalue weighted by atomic mass is 16.6. The third-order valence-corrected chi connectivity index (χ3v) is 3.20. The average molecular weight is 277 g/mol. The SMILES string of the molecule is Cc1cc([C@@H]2NCC[C@H]2NC(=O)OC(C)(C)C)ccn1. The normalized spacial score (nSPS) is 22.6. The molecule has 2 rings (SSSR count). The van der Waals surface area contributed by atoms with Gasteiger partial charge in [0, 0.05) is 11.9 Å². The van der Waals surface area contributed by atoms with Gasteiger partial charge in [-0.25, -0.2) is 4.79 Å². The number of hydrogen-bond donors (Lipinski definition) is 2. The first-order valence-electron chi connectivity index (χ1n) is 7.00. The maximum absolute atomic E-state index is 11.9. The van der Waals surface area contributed by atoms with Crippen molar-refractivity contribution in [2.24, 2.45) is 0 Å². The topological polar surface area (TPSA) is 63.2 Å². The van der Waals surface area contributed by atoms with Crippen molar-refractivity contribution in [3.8, 4) is 0 Å². The molecule has 5 heteroatoms. The van der Waals surface area contributed by atoms with Crippen LogP contribution in [0.5, 0.6) is 0 Å². The Balaban J connectivity index is 2.03. The molecular formula is C15H23N3O2. The monoisotopic (exact) mass is 277 g/mol. The molecule has 1 saturated heterocycles. The third kappa shape index (κ3) is 3.93. The van der Waals surface area contributed by atoms with Crippen molar-refractivity contribution < 1.29 is 9.53 Å². The smallest absolute Gasteiger partial charge is 0.407 e. The molecule has 1 aliphatic heterocycles. The number of rotatable bonds is 2. The van der Waals surface area contributed by atoms with Crippen molar-refractivity contribution in [1.29, 1.82) is 0 Å². The Kier molecular flexibility index (Phi) is 4.28. The van der Waals surface area contributed by atoms with Gasteiger partial charge in [0.15, 0.2) is 0 Å². The summed E-state index contributed by atoms with van der Waals surface area (Å²) in [5, 5.41) is 6.38. The van der Waals surface area contributed by atoms with Crippen LogP contribution in [0.4, 0.5) is 4.79 Å². The number of aromatic nitrogens is 1. The Morgan fingerprint density at radius 1 is 1.50 bits per heavy atom. The highest BCUT2D eigenvalue weighted by Gasteiger charge is 2.30. The van der Waals surface area contributed by atoms with E-state index in [4.69, 9.17) is 4.74 Å². The van der Waals surface area contributed by atoms with E-state index < -0.39 is 5.60 Å². The minimum Gasteiger partial charge on any atom is -0.444 e. The molecule has 20 heavy (non-hydrogen) atoms. The average Bonchev–Trinajstić information content (AvgIpc) is 2.74. The van der Waals surface area contributed by atoms with Gasteiger partial charge in [-0.3, -0.25) is 4.98 Å². The first-order chi connectivity index (χ1) is 9.35. The molecule has 0 aliphatic carbocycles. The van der Waals surface area contributed by atoms with E-state index >= 15 is 0 Å². The summed E-state index contributed by atoms with van der Waals surface area (Å²) >= 11 is 0. The van der Waals surface area contributed by atoms with E-state index in [1.165, 1.54) is 0 Å². The molecule has 1 amide bonds. The van der Waals surface area contributed by atoms with Crippen molar-refractivity contribution >= 4 is 6.09 Å². The van der Waals surface area contributed by atoms with Crippen molar-refractivity contribution in [3.05, 3.63) is 29.6 Å². The number of nitrogens with zero attached hydrogens (tertiary/aromatic N) is 1. The maximum atomic E-state index is 11.9. The summed E-state index contributed by atoms with van der Waals surface area (Å²) in [6.07, 6.45) is 2.34. The van der Waals surface area contributed by atoms with Gasteiger partial charge in [0.05, 0.1) is 12.1 Å². The molecule has 5 nitrogen and oxygen atoms in total. The number of nitrogens with one attached hydrogen (secondary N) is 2. The minimum atomic E-state index is -0.473. The van der Waals surface area contributed by atoms with E-state index in [1.54, 1.807) is 6.20 Å². The summed E-state index contributed by atoms with van der Waals surface area (Å²) in [6, 6.07) is 4.20. The molecule has 110 valence electrons. The van der Waals surface area contributed by atoms with Gasteiger partial charge < -0.3 is 15.4 Å². The zero-order valence-corrected chi connectivity index (χ0v) is 12.6. The van der Waals surface area contributed by atoms with E-state index in [9.17, 15) is 4.79 Å². The van der Waals surface area contributed by atoms with Gasteiger partial charge in [0.25, 0.3) is 0 Å². The zero-order chi connectivity index (χ0) is 14.8. The van der Waals surface area contributed by atoms with Crippen LogP contribution in [0, 0.1) is 6.92 Å². The van der Waals surface area contributed by atoms with Crippen LogP contribution in [-0.2, 0) is 4.74 Å². The van der Waals surface area contributed by atoms with Gasteiger partial charge in [-0.2, -0.15) is 0 Å². The molecule has 0 radical (unpaired) electrons. The summed E-state index contributed by atoms with van der Waals surface area (Å²) in [4.78, 5) is 16.1. The largest absolute Gasteiger partial charge is 0.444 e. The third-order valence-electron chi connectivity index (χ3n) is 3.20. The molecule has 0 aromatic carbocycles. The molecule has 1 fully saturated rings. The molecule has 2 atom stereocenters. The molecule has 2 heterocycles. The lowest BCUT2D eigenvalue weighted by molar-refractivity contribution is 0.0500. The van der Waals surface area contributed by atoms with Crippen LogP contribution in [0.1, 0.15) is 44.5 Å². The highest BCUT2D eigenvalue weighted by Crippen LogP contribution is 2.24. The van der Waals surface area contributed by atoms with Gasteiger partial charge in [-0.05, 0) is 58.4 Å².